The molecule has 0 radical (unpaired) electrons. The Morgan fingerprint density at radius 3 is 2.65 bits per heavy atom. The van der Waals surface area contributed by atoms with Gasteiger partial charge in [-0.25, -0.2) is 4.99 Å². The summed E-state index contributed by atoms with van der Waals surface area (Å²) in [5.74, 6) is -0.112. The molecule has 7 heteroatoms. The third kappa shape index (κ3) is 6.39. The highest BCUT2D eigenvalue weighted by molar-refractivity contribution is 6.10. The molecule has 1 aliphatic rings. The number of anilines is 2. The van der Waals surface area contributed by atoms with Crippen molar-refractivity contribution in [2.24, 2.45) is 4.99 Å². The van der Waals surface area contributed by atoms with E-state index in [-0.39, 0.29) is 17.9 Å². The Morgan fingerprint density at radius 1 is 1.13 bits per heavy atom. The second kappa shape index (κ2) is 10.7. The van der Waals surface area contributed by atoms with E-state index in [1.54, 1.807) is 12.1 Å². The van der Waals surface area contributed by atoms with Crippen LogP contribution in [0.3, 0.4) is 0 Å². The lowest BCUT2D eigenvalue weighted by atomic mass is 10.1. The van der Waals surface area contributed by atoms with Crippen LogP contribution in [-0.4, -0.2) is 37.0 Å². The second-order valence-corrected chi connectivity index (χ2v) is 7.63. The molecule has 0 saturated carbocycles. The molecule has 2 aromatic rings. The average Bonchev–Trinajstić information content (AvgIpc) is 3.27. The molecule has 1 atom stereocenters. The molecular weight excluding hydrogens is 392 g/mol. The summed E-state index contributed by atoms with van der Waals surface area (Å²) < 4.78 is 5.67. The van der Waals surface area contributed by atoms with E-state index in [0.717, 1.165) is 42.7 Å². The van der Waals surface area contributed by atoms with E-state index in [4.69, 9.17) is 4.74 Å². The first-order chi connectivity index (χ1) is 15.0. The van der Waals surface area contributed by atoms with E-state index in [0.29, 0.717) is 23.8 Å². The molecule has 1 aliphatic heterocycles. The van der Waals surface area contributed by atoms with E-state index in [2.05, 4.69) is 27.9 Å². The number of aliphatic imine (C=N–C) groups is 1. The van der Waals surface area contributed by atoms with Gasteiger partial charge in [-0.2, -0.15) is 0 Å². The predicted octanol–water partition coefficient (Wildman–Crippen LogP) is 3.89. The summed E-state index contributed by atoms with van der Waals surface area (Å²) in [6, 6.07) is 13.2. The predicted molar refractivity (Wildman–Crippen MR) is 124 cm³/mol. The van der Waals surface area contributed by atoms with Crippen LogP contribution in [0.4, 0.5) is 11.4 Å². The summed E-state index contributed by atoms with van der Waals surface area (Å²) in [4.78, 5) is 29.0. The summed E-state index contributed by atoms with van der Waals surface area (Å²) in [5, 5.41) is 8.92. The highest BCUT2D eigenvalue weighted by Gasteiger charge is 2.17. The number of nitrogens with zero attached hydrogens (tertiary/aromatic N) is 1. The van der Waals surface area contributed by atoms with Crippen LogP contribution in [0.15, 0.2) is 47.5 Å². The molecule has 7 nitrogen and oxygen atoms in total. The van der Waals surface area contributed by atoms with Crippen molar-refractivity contribution >= 4 is 29.1 Å². The van der Waals surface area contributed by atoms with Crippen LogP contribution >= 0.6 is 0 Å². The number of hydrogen-bond acceptors (Lipinski definition) is 4. The maximum absolute atomic E-state index is 13.0. The van der Waals surface area contributed by atoms with E-state index < -0.39 is 0 Å². The fraction of sp³-hybridized carbons (Fsp3) is 0.375. The summed E-state index contributed by atoms with van der Waals surface area (Å²) in [6.07, 6.45) is 2.92. The Kier molecular flexibility index (Phi) is 7.78. The number of rotatable bonds is 6. The number of carbonyl (C=O) groups excluding carboxylic acids is 2. The van der Waals surface area contributed by atoms with Crippen LogP contribution in [0.25, 0.3) is 0 Å². The van der Waals surface area contributed by atoms with Crippen LogP contribution in [-0.2, 0) is 16.0 Å². The molecular formula is C24H30N4O3. The van der Waals surface area contributed by atoms with Crippen LogP contribution in [0.5, 0.6) is 0 Å². The fourth-order valence-electron chi connectivity index (χ4n) is 3.44. The topological polar surface area (TPSA) is 91.8 Å². The minimum atomic E-state index is -0.306. The van der Waals surface area contributed by atoms with Gasteiger partial charge in [0.1, 0.15) is 0 Å². The number of hydrogen-bond donors (Lipinski definition) is 3. The molecule has 0 aliphatic carbocycles. The molecule has 164 valence electrons. The Morgan fingerprint density at radius 2 is 1.94 bits per heavy atom. The third-order valence-corrected chi connectivity index (χ3v) is 5.17. The Bertz CT molecular complexity index is 965. The average molecular weight is 423 g/mol. The van der Waals surface area contributed by atoms with Gasteiger partial charge in [0.05, 0.1) is 12.6 Å². The van der Waals surface area contributed by atoms with Crippen molar-refractivity contribution in [3.63, 3.8) is 0 Å². The SMILES string of the molecule is CCc1ccccc1NC(=NC[C@@H]1CCCO1)NC(=O)c1ccc(C)c(NC(C)=O)c1. The first-order valence-electron chi connectivity index (χ1n) is 10.7. The van der Waals surface area contributed by atoms with Crippen LogP contribution in [0, 0.1) is 6.92 Å². The molecule has 1 fully saturated rings. The van der Waals surface area contributed by atoms with Crippen LogP contribution in [0.1, 0.15) is 48.2 Å². The second-order valence-electron chi connectivity index (χ2n) is 7.63. The summed E-state index contributed by atoms with van der Waals surface area (Å²) >= 11 is 0. The van der Waals surface area contributed by atoms with Crippen molar-refractivity contribution < 1.29 is 14.3 Å². The molecule has 0 bridgehead atoms. The Hall–Kier alpha value is -3.19. The molecule has 2 amide bonds. The Labute approximate surface area is 183 Å². The van der Waals surface area contributed by atoms with Gasteiger partial charge < -0.3 is 15.4 Å². The Balaban J connectivity index is 1.81. The van der Waals surface area contributed by atoms with E-state index >= 15 is 0 Å². The molecule has 2 aromatic carbocycles. The summed E-state index contributed by atoms with van der Waals surface area (Å²) in [6.45, 7) is 6.63. The standard InChI is InChI=1S/C24H30N4O3/c1-4-18-8-5-6-10-21(18)27-24(25-15-20-9-7-13-31-20)28-23(30)19-12-11-16(2)22(14-19)26-17(3)29/h5-6,8,10-12,14,20H,4,7,9,13,15H2,1-3H3,(H,26,29)(H2,25,27,28,30)/t20-/m0/s1. The number of ether oxygens (including phenoxy) is 1. The van der Waals surface area contributed by atoms with Crippen molar-refractivity contribution in [2.45, 2.75) is 46.1 Å². The summed E-state index contributed by atoms with van der Waals surface area (Å²) in [5.41, 5.74) is 3.96. The van der Waals surface area contributed by atoms with Crippen molar-refractivity contribution in [1.29, 1.82) is 0 Å². The van der Waals surface area contributed by atoms with Crippen molar-refractivity contribution in [3.05, 3.63) is 59.2 Å². The zero-order valence-electron chi connectivity index (χ0n) is 18.3. The van der Waals surface area contributed by atoms with Gasteiger partial charge in [0.15, 0.2) is 0 Å². The van der Waals surface area contributed by atoms with Crippen molar-refractivity contribution in [1.82, 2.24) is 5.32 Å². The highest BCUT2D eigenvalue weighted by atomic mass is 16.5. The number of para-hydroxylation sites is 1. The van der Waals surface area contributed by atoms with Crippen LogP contribution in [0.2, 0.25) is 0 Å². The monoisotopic (exact) mass is 422 g/mol. The van der Waals surface area contributed by atoms with E-state index in [9.17, 15) is 9.59 Å². The molecule has 1 heterocycles. The number of benzene rings is 2. The minimum absolute atomic E-state index is 0.0702. The molecule has 0 spiro atoms. The quantitative estimate of drug-likeness (QED) is 0.486. The number of guanidine groups is 1. The molecule has 1 saturated heterocycles. The zero-order chi connectivity index (χ0) is 22.2. The number of aryl methyl sites for hydroxylation is 2. The maximum Gasteiger partial charge on any atom is 0.258 e. The smallest absolute Gasteiger partial charge is 0.258 e. The first-order valence-corrected chi connectivity index (χ1v) is 10.7. The lowest BCUT2D eigenvalue weighted by Gasteiger charge is -2.16. The van der Waals surface area contributed by atoms with Crippen LogP contribution < -0.4 is 16.0 Å². The molecule has 3 N–H and O–H groups in total. The van der Waals surface area contributed by atoms with Gasteiger partial charge in [-0.15, -0.1) is 0 Å². The maximum atomic E-state index is 13.0. The van der Waals surface area contributed by atoms with Gasteiger partial charge in [0, 0.05) is 30.5 Å². The summed E-state index contributed by atoms with van der Waals surface area (Å²) in [7, 11) is 0. The van der Waals surface area contributed by atoms with Gasteiger partial charge in [0.2, 0.25) is 11.9 Å². The number of carbonyl (C=O) groups is 2. The van der Waals surface area contributed by atoms with Crippen molar-refractivity contribution in [2.75, 3.05) is 23.8 Å². The first kappa shape index (κ1) is 22.5. The van der Waals surface area contributed by atoms with Gasteiger partial charge >= 0.3 is 0 Å². The molecule has 31 heavy (non-hydrogen) atoms. The van der Waals surface area contributed by atoms with E-state index in [1.807, 2.05) is 37.3 Å². The number of amides is 2. The molecule has 3 rings (SSSR count). The highest BCUT2D eigenvalue weighted by Crippen LogP contribution is 2.18. The minimum Gasteiger partial charge on any atom is -0.376 e. The molecule has 0 unspecified atom stereocenters. The van der Waals surface area contributed by atoms with Gasteiger partial charge in [0.25, 0.3) is 5.91 Å². The third-order valence-electron chi connectivity index (χ3n) is 5.17. The lowest BCUT2D eigenvalue weighted by Crippen LogP contribution is -2.37. The van der Waals surface area contributed by atoms with Gasteiger partial charge in [-0.3, -0.25) is 14.9 Å². The van der Waals surface area contributed by atoms with Gasteiger partial charge in [-0.05, 0) is 55.5 Å². The van der Waals surface area contributed by atoms with E-state index in [1.165, 1.54) is 6.92 Å². The lowest BCUT2D eigenvalue weighted by molar-refractivity contribution is -0.114. The largest absolute Gasteiger partial charge is 0.376 e. The number of nitrogens with one attached hydrogen (secondary N) is 3. The van der Waals surface area contributed by atoms with Gasteiger partial charge in [-0.1, -0.05) is 31.2 Å². The van der Waals surface area contributed by atoms with Crippen molar-refractivity contribution in [3.8, 4) is 0 Å². The molecule has 0 aromatic heterocycles. The zero-order valence-corrected chi connectivity index (χ0v) is 18.3. The normalized spacial score (nSPS) is 16.1. The fourth-order valence-corrected chi connectivity index (χ4v) is 3.44.